The highest BCUT2D eigenvalue weighted by atomic mass is 32.2. The van der Waals surface area contributed by atoms with Crippen molar-refractivity contribution in [2.75, 3.05) is 17.2 Å². The fourth-order valence-corrected chi connectivity index (χ4v) is 4.62. The van der Waals surface area contributed by atoms with Crippen molar-refractivity contribution in [3.05, 3.63) is 29.2 Å². The van der Waals surface area contributed by atoms with Crippen LogP contribution in [0.1, 0.15) is 31.2 Å². The van der Waals surface area contributed by atoms with Gasteiger partial charge in [-0.2, -0.15) is 0 Å². The molecule has 1 amide bonds. The minimum absolute atomic E-state index is 0.00473. The number of rotatable bonds is 3. The van der Waals surface area contributed by atoms with Crippen LogP contribution in [0, 0.1) is 6.92 Å². The maximum Gasteiger partial charge on any atom is 0.259 e. The van der Waals surface area contributed by atoms with Gasteiger partial charge in [-0.15, -0.1) is 11.8 Å². The van der Waals surface area contributed by atoms with Crippen LogP contribution >= 0.6 is 11.8 Å². The molecule has 0 bridgehead atoms. The van der Waals surface area contributed by atoms with E-state index in [2.05, 4.69) is 25.2 Å². The zero-order chi connectivity index (χ0) is 18.1. The minimum Gasteiger partial charge on any atom is -0.349 e. The molecule has 1 saturated carbocycles. The summed E-state index contributed by atoms with van der Waals surface area (Å²) in [5.41, 5.74) is 7.96. The van der Waals surface area contributed by atoms with Crippen LogP contribution in [0.25, 0.3) is 11.0 Å². The highest BCUT2D eigenvalue weighted by Crippen LogP contribution is 2.31. The molecule has 4 N–H and O–H groups in total. The van der Waals surface area contributed by atoms with Gasteiger partial charge in [0, 0.05) is 36.8 Å². The summed E-state index contributed by atoms with van der Waals surface area (Å²) >= 11 is 1.60. The van der Waals surface area contributed by atoms with Crippen LogP contribution in [-0.2, 0) is 4.79 Å². The van der Waals surface area contributed by atoms with Crippen molar-refractivity contribution >= 4 is 34.5 Å². The van der Waals surface area contributed by atoms with E-state index in [1.165, 1.54) is 0 Å². The number of aromatic nitrogens is 3. The number of thioether (sulfide) groups is 1. The van der Waals surface area contributed by atoms with Crippen LogP contribution in [0.3, 0.4) is 0 Å². The summed E-state index contributed by atoms with van der Waals surface area (Å²) in [6.07, 6.45) is 9.42. The average molecular weight is 372 g/mol. The normalized spacial score (nSPS) is 23.8. The summed E-state index contributed by atoms with van der Waals surface area (Å²) in [7, 11) is 0. The lowest BCUT2D eigenvalue weighted by Gasteiger charge is -2.29. The molecular weight excluding hydrogens is 348 g/mol. The van der Waals surface area contributed by atoms with Gasteiger partial charge in [-0.3, -0.25) is 4.79 Å². The van der Waals surface area contributed by atoms with Crippen molar-refractivity contribution in [2.24, 2.45) is 5.73 Å². The molecule has 2 atom stereocenters. The van der Waals surface area contributed by atoms with Crippen molar-refractivity contribution in [2.45, 2.75) is 44.7 Å². The van der Waals surface area contributed by atoms with Crippen molar-refractivity contribution in [3.63, 3.8) is 0 Å². The molecule has 1 aliphatic heterocycles. The molecular formula is C18H24N6OS. The smallest absolute Gasteiger partial charge is 0.259 e. The van der Waals surface area contributed by atoms with Crippen LogP contribution in [0.2, 0.25) is 0 Å². The monoisotopic (exact) mass is 372 g/mol. The van der Waals surface area contributed by atoms with Gasteiger partial charge in [-0.25, -0.2) is 9.97 Å². The number of hydrogen-bond acceptors (Lipinski definition) is 6. The summed E-state index contributed by atoms with van der Waals surface area (Å²) < 4.78 is 0. The van der Waals surface area contributed by atoms with Gasteiger partial charge in [0.2, 0.25) is 0 Å². The van der Waals surface area contributed by atoms with Gasteiger partial charge in [0.1, 0.15) is 17.8 Å². The molecule has 1 aliphatic carbocycles. The first-order valence-corrected chi connectivity index (χ1v) is 10.1. The van der Waals surface area contributed by atoms with E-state index in [4.69, 9.17) is 5.73 Å². The van der Waals surface area contributed by atoms with E-state index in [9.17, 15) is 4.79 Å². The molecule has 0 radical (unpaired) electrons. The largest absolute Gasteiger partial charge is 0.349 e. The molecule has 3 heterocycles. The van der Waals surface area contributed by atoms with E-state index in [0.717, 1.165) is 65.3 Å². The minimum atomic E-state index is -0.00473. The maximum atomic E-state index is 12.7. The van der Waals surface area contributed by atoms with Gasteiger partial charge in [-0.05, 0) is 38.2 Å². The number of nitrogens with two attached hydrogens (primary N) is 1. The number of hydrogen-bond donors (Lipinski definition) is 3. The predicted octanol–water partition coefficient (Wildman–Crippen LogP) is 2.05. The van der Waals surface area contributed by atoms with Crippen molar-refractivity contribution < 1.29 is 4.79 Å². The number of carbonyl (C=O) groups is 1. The lowest BCUT2D eigenvalue weighted by Crippen LogP contribution is -2.43. The third-order valence-electron chi connectivity index (χ3n) is 5.06. The SMILES string of the molecule is Cc1c[nH]c2ncnc(N3C=C(C(=O)N[C@H]4CCC[C@H](N)C4)SCC3)c12. The van der Waals surface area contributed by atoms with E-state index < -0.39 is 0 Å². The van der Waals surface area contributed by atoms with E-state index in [0.29, 0.717) is 0 Å². The lowest BCUT2D eigenvalue weighted by atomic mass is 9.91. The number of anilines is 1. The molecule has 0 unspecified atom stereocenters. The van der Waals surface area contributed by atoms with E-state index in [1.54, 1.807) is 18.1 Å². The number of fused-ring (bicyclic) bond motifs is 1. The van der Waals surface area contributed by atoms with E-state index in [-0.39, 0.29) is 18.0 Å². The lowest BCUT2D eigenvalue weighted by molar-refractivity contribution is -0.117. The van der Waals surface area contributed by atoms with Crippen molar-refractivity contribution in [3.8, 4) is 0 Å². The fraction of sp³-hybridized carbons (Fsp3) is 0.500. The highest BCUT2D eigenvalue weighted by Gasteiger charge is 2.25. The molecule has 1 fully saturated rings. The van der Waals surface area contributed by atoms with Crippen molar-refractivity contribution in [1.82, 2.24) is 20.3 Å². The Morgan fingerprint density at radius 2 is 2.31 bits per heavy atom. The number of aromatic amines is 1. The third-order valence-corrected chi connectivity index (χ3v) is 6.04. The molecule has 2 aromatic heterocycles. The average Bonchev–Trinajstić information content (AvgIpc) is 3.03. The zero-order valence-electron chi connectivity index (χ0n) is 14.9. The van der Waals surface area contributed by atoms with Crippen LogP contribution < -0.4 is 16.0 Å². The highest BCUT2D eigenvalue weighted by molar-refractivity contribution is 8.04. The number of nitrogens with one attached hydrogen (secondary N) is 2. The second-order valence-corrected chi connectivity index (χ2v) is 8.16. The van der Waals surface area contributed by atoms with Gasteiger partial charge in [0.25, 0.3) is 5.91 Å². The first kappa shape index (κ1) is 17.4. The number of aryl methyl sites for hydroxylation is 1. The molecule has 4 rings (SSSR count). The van der Waals surface area contributed by atoms with Crippen LogP contribution in [0.5, 0.6) is 0 Å². The first-order valence-electron chi connectivity index (χ1n) is 9.08. The van der Waals surface area contributed by atoms with Crippen LogP contribution in [-0.4, -0.2) is 45.2 Å². The van der Waals surface area contributed by atoms with E-state index >= 15 is 0 Å². The molecule has 8 heteroatoms. The predicted molar refractivity (Wildman–Crippen MR) is 105 cm³/mol. The summed E-state index contributed by atoms with van der Waals surface area (Å²) in [4.78, 5) is 27.4. The number of H-pyrrole nitrogens is 1. The Morgan fingerprint density at radius 3 is 3.15 bits per heavy atom. The summed E-state index contributed by atoms with van der Waals surface area (Å²) in [5, 5.41) is 4.17. The number of amides is 1. The summed E-state index contributed by atoms with van der Waals surface area (Å²) in [6.45, 7) is 2.85. The Morgan fingerprint density at radius 1 is 1.42 bits per heavy atom. The summed E-state index contributed by atoms with van der Waals surface area (Å²) in [5.74, 6) is 1.69. The van der Waals surface area contributed by atoms with Crippen LogP contribution in [0.4, 0.5) is 5.82 Å². The van der Waals surface area contributed by atoms with Crippen molar-refractivity contribution in [1.29, 1.82) is 0 Å². The Kier molecular flexibility index (Phi) is 4.86. The first-order chi connectivity index (χ1) is 12.6. The Bertz CT molecular complexity index is 847. The molecule has 138 valence electrons. The van der Waals surface area contributed by atoms with Gasteiger partial charge in [0.15, 0.2) is 0 Å². The topological polar surface area (TPSA) is 99.9 Å². The fourth-order valence-electron chi connectivity index (χ4n) is 3.72. The number of carbonyl (C=O) groups excluding carboxylic acids is 1. The molecule has 26 heavy (non-hydrogen) atoms. The molecule has 0 spiro atoms. The maximum absolute atomic E-state index is 12.7. The molecule has 7 nitrogen and oxygen atoms in total. The quantitative estimate of drug-likeness (QED) is 0.762. The summed E-state index contributed by atoms with van der Waals surface area (Å²) in [6, 6.07) is 0.380. The Labute approximate surface area is 156 Å². The third kappa shape index (κ3) is 3.43. The standard InChI is InChI=1S/C18H24N6OS/c1-11-8-20-16-15(11)17(22-10-21-16)24-5-6-26-14(9-24)18(25)23-13-4-2-3-12(19)7-13/h8-10,12-13H,2-7,19H2,1H3,(H,23,25)(H,20,21,22)/t12-,13-/m0/s1. The van der Waals surface area contributed by atoms with Gasteiger partial charge in [0.05, 0.1) is 10.3 Å². The van der Waals surface area contributed by atoms with Gasteiger partial charge < -0.3 is 20.9 Å². The second kappa shape index (κ2) is 7.28. The zero-order valence-corrected chi connectivity index (χ0v) is 15.7. The molecule has 2 aromatic rings. The molecule has 2 aliphatic rings. The number of nitrogens with zero attached hydrogens (tertiary/aromatic N) is 3. The Balaban J connectivity index is 1.55. The van der Waals surface area contributed by atoms with Gasteiger partial charge in [-0.1, -0.05) is 0 Å². The molecule has 0 aromatic carbocycles. The second-order valence-electron chi connectivity index (χ2n) is 7.02. The van der Waals surface area contributed by atoms with Gasteiger partial charge >= 0.3 is 0 Å². The molecule has 0 saturated heterocycles. The Hall–Kier alpha value is -2.06. The van der Waals surface area contributed by atoms with Crippen LogP contribution in [0.15, 0.2) is 23.6 Å². The van der Waals surface area contributed by atoms with E-state index in [1.807, 2.05) is 19.3 Å².